The molecule has 2 saturated heterocycles. The number of hydrogen-bond acceptors (Lipinski definition) is 8. The number of rotatable bonds is 4. The fourth-order valence-corrected chi connectivity index (χ4v) is 3.93. The molecule has 2 aliphatic rings. The highest BCUT2D eigenvalue weighted by Gasteiger charge is 2.27. The van der Waals surface area contributed by atoms with Crippen molar-refractivity contribution in [2.24, 2.45) is 0 Å². The lowest BCUT2D eigenvalue weighted by atomic mass is 10.1. The number of hydrogen-bond donors (Lipinski definition) is 0. The number of methoxy groups -OCH3 is 1. The zero-order valence-electron chi connectivity index (χ0n) is 17.3. The number of amides is 1. The van der Waals surface area contributed by atoms with Gasteiger partial charge in [0.25, 0.3) is 0 Å². The first-order valence-corrected chi connectivity index (χ1v) is 10.3. The lowest BCUT2D eigenvalue weighted by Crippen LogP contribution is -2.49. The first kappa shape index (κ1) is 19.6. The van der Waals surface area contributed by atoms with Crippen LogP contribution in [-0.4, -0.2) is 83.2 Å². The van der Waals surface area contributed by atoms with E-state index in [9.17, 15) is 4.79 Å². The molecule has 10 nitrogen and oxygen atoms in total. The zero-order valence-corrected chi connectivity index (χ0v) is 17.3. The summed E-state index contributed by atoms with van der Waals surface area (Å²) in [6.45, 7) is 3.67. The number of carbonyl (C=O) groups is 1. The van der Waals surface area contributed by atoms with Crippen molar-refractivity contribution >= 4 is 17.6 Å². The molecule has 0 aromatic carbocycles. The number of carbonyl (C=O) groups excluding carboxylic acids is 1. The van der Waals surface area contributed by atoms with Crippen LogP contribution in [0.4, 0.5) is 10.6 Å². The Kier molecular flexibility index (Phi) is 5.29. The number of aromatic nitrogens is 4. The lowest BCUT2D eigenvalue weighted by Gasteiger charge is -2.35. The van der Waals surface area contributed by atoms with Crippen molar-refractivity contribution in [2.75, 3.05) is 51.4 Å². The normalized spacial score (nSPS) is 19.1. The highest BCUT2D eigenvalue weighted by molar-refractivity contribution is 5.80. The first-order valence-electron chi connectivity index (χ1n) is 10.3. The lowest BCUT2D eigenvalue weighted by molar-refractivity contribution is 0.0534. The van der Waals surface area contributed by atoms with Crippen LogP contribution >= 0.6 is 0 Å². The Morgan fingerprint density at radius 1 is 1.19 bits per heavy atom. The standard InChI is InChI=1S/C21H24N6O4/c1-29-20-16(3-2-6-22-20)17-13-23-27-7-4-18(24-19(17)27)25-8-10-26(11-9-25)21(28)31-15-5-12-30-14-15/h2-4,6-7,13,15H,5,8-12,14H2,1H3/t15-/m1/s1. The van der Waals surface area contributed by atoms with E-state index in [2.05, 4.69) is 15.0 Å². The van der Waals surface area contributed by atoms with Gasteiger partial charge in [-0.1, -0.05) is 0 Å². The third-order valence-corrected chi connectivity index (χ3v) is 5.63. The largest absolute Gasteiger partial charge is 0.481 e. The van der Waals surface area contributed by atoms with E-state index in [-0.39, 0.29) is 12.2 Å². The van der Waals surface area contributed by atoms with Gasteiger partial charge in [-0.05, 0) is 18.2 Å². The van der Waals surface area contributed by atoms with Gasteiger partial charge >= 0.3 is 6.09 Å². The van der Waals surface area contributed by atoms with Crippen LogP contribution in [0.2, 0.25) is 0 Å². The number of anilines is 1. The van der Waals surface area contributed by atoms with E-state index < -0.39 is 0 Å². The molecule has 0 aliphatic carbocycles. The molecule has 5 rings (SSSR count). The monoisotopic (exact) mass is 424 g/mol. The van der Waals surface area contributed by atoms with E-state index in [4.69, 9.17) is 19.2 Å². The summed E-state index contributed by atoms with van der Waals surface area (Å²) in [5.41, 5.74) is 2.42. The van der Waals surface area contributed by atoms with Gasteiger partial charge < -0.3 is 24.0 Å². The van der Waals surface area contributed by atoms with Crippen molar-refractivity contribution in [3.8, 4) is 17.0 Å². The molecule has 5 heterocycles. The van der Waals surface area contributed by atoms with Crippen molar-refractivity contribution in [1.82, 2.24) is 24.5 Å². The summed E-state index contributed by atoms with van der Waals surface area (Å²) in [5.74, 6) is 1.37. The Hall–Kier alpha value is -3.40. The van der Waals surface area contributed by atoms with E-state index in [0.29, 0.717) is 45.3 Å². The Morgan fingerprint density at radius 3 is 2.84 bits per heavy atom. The molecular formula is C21H24N6O4. The van der Waals surface area contributed by atoms with Crippen molar-refractivity contribution in [2.45, 2.75) is 12.5 Å². The molecule has 0 unspecified atom stereocenters. The molecule has 2 aliphatic heterocycles. The molecule has 0 saturated carbocycles. The van der Waals surface area contributed by atoms with Crippen molar-refractivity contribution in [3.63, 3.8) is 0 Å². The molecule has 1 atom stereocenters. The van der Waals surface area contributed by atoms with Crippen LogP contribution in [0.25, 0.3) is 16.8 Å². The van der Waals surface area contributed by atoms with Gasteiger partial charge in [-0.25, -0.2) is 19.3 Å². The number of ether oxygens (including phenoxy) is 3. The zero-order chi connectivity index (χ0) is 21.2. The van der Waals surface area contributed by atoms with E-state index in [1.165, 1.54) is 0 Å². The molecule has 31 heavy (non-hydrogen) atoms. The number of fused-ring (bicyclic) bond motifs is 1. The molecule has 162 valence electrons. The third-order valence-electron chi connectivity index (χ3n) is 5.63. The van der Waals surface area contributed by atoms with Crippen LogP contribution in [-0.2, 0) is 9.47 Å². The maximum absolute atomic E-state index is 12.4. The summed E-state index contributed by atoms with van der Waals surface area (Å²) >= 11 is 0. The molecule has 0 bridgehead atoms. The molecule has 0 spiro atoms. The second-order valence-corrected chi connectivity index (χ2v) is 7.52. The summed E-state index contributed by atoms with van der Waals surface area (Å²) in [4.78, 5) is 25.4. The van der Waals surface area contributed by atoms with Crippen molar-refractivity contribution in [1.29, 1.82) is 0 Å². The van der Waals surface area contributed by atoms with Crippen LogP contribution in [0.3, 0.4) is 0 Å². The average molecular weight is 424 g/mol. The second kappa shape index (κ2) is 8.38. The Labute approximate surface area is 179 Å². The maximum atomic E-state index is 12.4. The fraction of sp³-hybridized carbons (Fsp3) is 0.429. The smallest absolute Gasteiger partial charge is 0.410 e. The first-order chi connectivity index (χ1) is 15.2. The predicted octanol–water partition coefficient (Wildman–Crippen LogP) is 1.85. The van der Waals surface area contributed by atoms with Crippen LogP contribution in [0, 0.1) is 0 Å². The van der Waals surface area contributed by atoms with Gasteiger partial charge in [-0.15, -0.1) is 0 Å². The Bertz CT molecular complexity index is 1070. The minimum absolute atomic E-state index is 0.126. The van der Waals surface area contributed by atoms with Crippen LogP contribution < -0.4 is 9.64 Å². The maximum Gasteiger partial charge on any atom is 0.410 e. The summed E-state index contributed by atoms with van der Waals surface area (Å²) in [5, 5.41) is 4.41. The van der Waals surface area contributed by atoms with Gasteiger partial charge in [0.15, 0.2) is 5.65 Å². The molecule has 2 fully saturated rings. The highest BCUT2D eigenvalue weighted by Crippen LogP contribution is 2.31. The minimum Gasteiger partial charge on any atom is -0.481 e. The fourth-order valence-electron chi connectivity index (χ4n) is 3.93. The number of pyridine rings is 1. The summed E-state index contributed by atoms with van der Waals surface area (Å²) in [6, 6.07) is 5.74. The molecule has 0 N–H and O–H groups in total. The number of piperazine rings is 1. The number of nitrogens with zero attached hydrogens (tertiary/aromatic N) is 6. The molecule has 3 aromatic heterocycles. The van der Waals surface area contributed by atoms with Gasteiger partial charge in [0.2, 0.25) is 5.88 Å². The molecule has 10 heteroatoms. The van der Waals surface area contributed by atoms with Crippen molar-refractivity contribution < 1.29 is 19.0 Å². The highest BCUT2D eigenvalue weighted by atomic mass is 16.6. The predicted molar refractivity (Wildman–Crippen MR) is 112 cm³/mol. The molecule has 1 amide bonds. The average Bonchev–Trinajstić information content (AvgIpc) is 3.48. The SMILES string of the molecule is COc1ncccc1-c1cnn2ccc(N3CCN(C(=O)O[C@@H]4CCOC4)CC3)nc12. The Balaban J connectivity index is 1.31. The van der Waals surface area contributed by atoms with Gasteiger partial charge in [-0.2, -0.15) is 5.10 Å². The van der Waals surface area contributed by atoms with Gasteiger partial charge in [-0.3, -0.25) is 0 Å². The van der Waals surface area contributed by atoms with E-state index in [1.54, 1.807) is 28.9 Å². The summed E-state index contributed by atoms with van der Waals surface area (Å²) < 4.78 is 17.9. The van der Waals surface area contributed by atoms with Gasteiger partial charge in [0.1, 0.15) is 11.9 Å². The molecular weight excluding hydrogens is 400 g/mol. The second-order valence-electron chi connectivity index (χ2n) is 7.52. The quantitative estimate of drug-likeness (QED) is 0.626. The molecule has 3 aromatic rings. The van der Waals surface area contributed by atoms with E-state index in [1.807, 2.05) is 24.4 Å². The van der Waals surface area contributed by atoms with Crippen molar-refractivity contribution in [3.05, 3.63) is 36.8 Å². The topological polar surface area (TPSA) is 94.3 Å². The van der Waals surface area contributed by atoms with Crippen LogP contribution in [0.15, 0.2) is 36.8 Å². The Morgan fingerprint density at radius 2 is 2.06 bits per heavy atom. The summed E-state index contributed by atoms with van der Waals surface area (Å²) in [7, 11) is 1.60. The van der Waals surface area contributed by atoms with Crippen LogP contribution in [0.5, 0.6) is 5.88 Å². The van der Waals surface area contributed by atoms with Crippen LogP contribution in [0.1, 0.15) is 6.42 Å². The van der Waals surface area contributed by atoms with Gasteiger partial charge in [0, 0.05) is 50.6 Å². The van der Waals surface area contributed by atoms with Gasteiger partial charge in [0.05, 0.1) is 32.1 Å². The summed E-state index contributed by atoms with van der Waals surface area (Å²) in [6.07, 6.45) is 5.74. The minimum atomic E-state index is -0.264. The van der Waals surface area contributed by atoms with E-state index >= 15 is 0 Å². The third kappa shape index (κ3) is 3.86. The molecule has 0 radical (unpaired) electrons. The van der Waals surface area contributed by atoms with E-state index in [0.717, 1.165) is 29.0 Å².